The van der Waals surface area contributed by atoms with Crippen molar-refractivity contribution < 1.29 is 19.8 Å². The van der Waals surface area contributed by atoms with Gasteiger partial charge in [0.1, 0.15) is 0 Å². The maximum atomic E-state index is 11.3. The molecule has 16 heavy (non-hydrogen) atoms. The molecular formula is C10H20N2O4. The molecule has 1 atom stereocenters. The van der Waals surface area contributed by atoms with Crippen molar-refractivity contribution in [3.8, 4) is 0 Å². The maximum Gasteiger partial charge on any atom is 0.303 e. The van der Waals surface area contributed by atoms with Gasteiger partial charge >= 0.3 is 5.97 Å². The number of aliphatic hydroxyl groups is 1. The normalized spacial score (nSPS) is 12.5. The van der Waals surface area contributed by atoms with Crippen LogP contribution in [0.25, 0.3) is 0 Å². The summed E-state index contributed by atoms with van der Waals surface area (Å²) in [5.74, 6) is -1.02. The van der Waals surface area contributed by atoms with Crippen molar-refractivity contribution >= 4 is 11.9 Å². The molecule has 0 aliphatic heterocycles. The zero-order valence-electron chi connectivity index (χ0n) is 9.77. The number of carbonyl (C=O) groups is 2. The number of hydrogen-bond acceptors (Lipinski definition) is 4. The molecule has 1 amide bonds. The average Bonchev–Trinajstić information content (AvgIpc) is 2.10. The molecule has 0 aliphatic carbocycles. The Morgan fingerprint density at radius 2 is 2.06 bits per heavy atom. The fraction of sp³-hybridized carbons (Fsp3) is 0.800. The molecule has 0 bridgehead atoms. The standard InChI is InChI=1S/C10H20N2O4/c1-8(13)6-12(2)7-9(14)11-5-3-4-10(15)16/h8,13H,3-7H2,1-2H3,(H,11,14)(H,15,16). The van der Waals surface area contributed by atoms with E-state index in [-0.39, 0.29) is 18.9 Å². The highest BCUT2D eigenvalue weighted by Crippen LogP contribution is 1.89. The van der Waals surface area contributed by atoms with Crippen LogP contribution in [0.4, 0.5) is 0 Å². The Balaban J connectivity index is 3.54. The van der Waals surface area contributed by atoms with Crippen molar-refractivity contribution in [1.82, 2.24) is 10.2 Å². The summed E-state index contributed by atoms with van der Waals surface area (Å²) in [7, 11) is 1.74. The van der Waals surface area contributed by atoms with Gasteiger partial charge in [0.2, 0.25) is 5.91 Å². The van der Waals surface area contributed by atoms with Crippen molar-refractivity contribution in [1.29, 1.82) is 0 Å². The summed E-state index contributed by atoms with van der Waals surface area (Å²) in [6.07, 6.45) is 0.0233. The van der Waals surface area contributed by atoms with Crippen molar-refractivity contribution in [2.45, 2.75) is 25.9 Å². The van der Waals surface area contributed by atoms with Gasteiger partial charge in [-0.2, -0.15) is 0 Å². The third-order valence-corrected chi connectivity index (χ3v) is 1.88. The fourth-order valence-electron chi connectivity index (χ4n) is 1.28. The molecule has 6 heteroatoms. The van der Waals surface area contributed by atoms with Crippen LogP contribution in [0.1, 0.15) is 19.8 Å². The molecule has 94 valence electrons. The maximum absolute atomic E-state index is 11.3. The second-order valence-electron chi connectivity index (χ2n) is 3.89. The summed E-state index contributed by atoms with van der Waals surface area (Å²) in [4.78, 5) is 23.2. The molecule has 0 saturated heterocycles. The third-order valence-electron chi connectivity index (χ3n) is 1.88. The van der Waals surface area contributed by atoms with Crippen molar-refractivity contribution in [3.05, 3.63) is 0 Å². The molecular weight excluding hydrogens is 212 g/mol. The van der Waals surface area contributed by atoms with E-state index in [4.69, 9.17) is 10.2 Å². The highest BCUT2D eigenvalue weighted by atomic mass is 16.4. The van der Waals surface area contributed by atoms with Gasteiger partial charge in [-0.25, -0.2) is 0 Å². The van der Waals surface area contributed by atoms with Crippen LogP contribution in [0.15, 0.2) is 0 Å². The molecule has 0 saturated carbocycles. The first kappa shape index (κ1) is 14.9. The number of likely N-dealkylation sites (N-methyl/N-ethyl adjacent to an activating group) is 1. The SMILES string of the molecule is CC(O)CN(C)CC(=O)NCCCC(=O)O. The summed E-state index contributed by atoms with van der Waals surface area (Å²) in [5.41, 5.74) is 0. The first-order valence-corrected chi connectivity index (χ1v) is 5.27. The van der Waals surface area contributed by atoms with Gasteiger partial charge in [0.15, 0.2) is 0 Å². The summed E-state index contributed by atoms with van der Waals surface area (Å²) in [6.45, 7) is 2.66. The van der Waals surface area contributed by atoms with Crippen LogP contribution in [-0.4, -0.2) is 59.8 Å². The van der Waals surface area contributed by atoms with Crippen LogP contribution in [0, 0.1) is 0 Å². The minimum atomic E-state index is -0.861. The molecule has 0 aromatic rings. The van der Waals surface area contributed by atoms with E-state index in [0.29, 0.717) is 19.5 Å². The minimum Gasteiger partial charge on any atom is -0.481 e. The van der Waals surface area contributed by atoms with Crippen LogP contribution in [0.5, 0.6) is 0 Å². The number of carbonyl (C=O) groups excluding carboxylic acids is 1. The molecule has 0 spiro atoms. The van der Waals surface area contributed by atoms with Crippen LogP contribution in [0.2, 0.25) is 0 Å². The van der Waals surface area contributed by atoms with E-state index in [0.717, 1.165) is 0 Å². The van der Waals surface area contributed by atoms with Gasteiger partial charge in [0.05, 0.1) is 12.6 Å². The lowest BCUT2D eigenvalue weighted by Crippen LogP contribution is -2.38. The van der Waals surface area contributed by atoms with E-state index < -0.39 is 12.1 Å². The number of nitrogens with one attached hydrogen (secondary N) is 1. The number of amides is 1. The summed E-state index contributed by atoms with van der Waals surface area (Å²) < 4.78 is 0. The molecule has 1 unspecified atom stereocenters. The molecule has 0 rings (SSSR count). The van der Waals surface area contributed by atoms with E-state index in [2.05, 4.69) is 5.32 Å². The van der Waals surface area contributed by atoms with Gasteiger partial charge in [0, 0.05) is 19.5 Å². The lowest BCUT2D eigenvalue weighted by Gasteiger charge is -2.17. The van der Waals surface area contributed by atoms with Gasteiger partial charge in [-0.05, 0) is 20.4 Å². The quantitative estimate of drug-likeness (QED) is 0.480. The highest BCUT2D eigenvalue weighted by molar-refractivity contribution is 5.78. The number of aliphatic carboxylic acids is 1. The smallest absolute Gasteiger partial charge is 0.303 e. The summed E-state index contributed by atoms with van der Waals surface area (Å²) in [5, 5.41) is 20.1. The van der Waals surface area contributed by atoms with Crippen molar-refractivity contribution in [3.63, 3.8) is 0 Å². The van der Waals surface area contributed by atoms with E-state index in [1.165, 1.54) is 0 Å². The first-order valence-electron chi connectivity index (χ1n) is 5.27. The number of carboxylic acids is 1. The molecule has 0 aliphatic rings. The molecule has 3 N–H and O–H groups in total. The van der Waals surface area contributed by atoms with Crippen molar-refractivity contribution in [2.75, 3.05) is 26.7 Å². The second-order valence-corrected chi connectivity index (χ2v) is 3.89. The second kappa shape index (κ2) is 8.06. The Bertz CT molecular complexity index is 231. The summed E-state index contributed by atoms with van der Waals surface area (Å²) in [6, 6.07) is 0. The lowest BCUT2D eigenvalue weighted by molar-refractivity contribution is -0.137. The fourth-order valence-corrected chi connectivity index (χ4v) is 1.28. The Morgan fingerprint density at radius 1 is 1.44 bits per heavy atom. The Morgan fingerprint density at radius 3 is 2.56 bits per heavy atom. The monoisotopic (exact) mass is 232 g/mol. The topological polar surface area (TPSA) is 89.9 Å². The molecule has 0 radical (unpaired) electrons. The lowest BCUT2D eigenvalue weighted by atomic mass is 10.3. The van der Waals surface area contributed by atoms with E-state index >= 15 is 0 Å². The van der Waals surface area contributed by atoms with Gasteiger partial charge in [0.25, 0.3) is 0 Å². The predicted molar refractivity (Wildman–Crippen MR) is 59.1 cm³/mol. The predicted octanol–water partition coefficient (Wildman–Crippen LogP) is -0.720. The zero-order chi connectivity index (χ0) is 12.6. The van der Waals surface area contributed by atoms with Gasteiger partial charge in [-0.3, -0.25) is 14.5 Å². The van der Waals surface area contributed by atoms with Crippen LogP contribution in [-0.2, 0) is 9.59 Å². The largest absolute Gasteiger partial charge is 0.481 e. The van der Waals surface area contributed by atoms with Gasteiger partial charge in [-0.1, -0.05) is 0 Å². The minimum absolute atomic E-state index is 0.0593. The van der Waals surface area contributed by atoms with E-state index in [1.807, 2.05) is 0 Å². The zero-order valence-corrected chi connectivity index (χ0v) is 9.77. The number of hydrogen-bond donors (Lipinski definition) is 3. The Labute approximate surface area is 95.2 Å². The van der Waals surface area contributed by atoms with Crippen LogP contribution in [0.3, 0.4) is 0 Å². The number of nitrogens with zero attached hydrogens (tertiary/aromatic N) is 1. The summed E-state index contributed by atoms with van der Waals surface area (Å²) >= 11 is 0. The molecule has 0 aromatic heterocycles. The molecule has 0 fully saturated rings. The van der Waals surface area contributed by atoms with E-state index in [1.54, 1.807) is 18.9 Å². The Kier molecular flexibility index (Phi) is 7.49. The average molecular weight is 232 g/mol. The third kappa shape index (κ3) is 9.42. The van der Waals surface area contributed by atoms with Gasteiger partial charge in [-0.15, -0.1) is 0 Å². The molecule has 6 nitrogen and oxygen atoms in total. The van der Waals surface area contributed by atoms with Gasteiger partial charge < -0.3 is 15.5 Å². The molecule has 0 aromatic carbocycles. The number of carboxylic acid groups (broad SMARTS) is 1. The molecule has 0 heterocycles. The first-order chi connectivity index (χ1) is 7.41. The highest BCUT2D eigenvalue weighted by Gasteiger charge is 2.08. The number of rotatable bonds is 8. The van der Waals surface area contributed by atoms with E-state index in [9.17, 15) is 9.59 Å². The van der Waals surface area contributed by atoms with Crippen LogP contribution >= 0.6 is 0 Å². The Hall–Kier alpha value is -1.14. The van der Waals surface area contributed by atoms with Crippen molar-refractivity contribution in [2.24, 2.45) is 0 Å². The number of aliphatic hydroxyl groups excluding tert-OH is 1. The van der Waals surface area contributed by atoms with Crippen LogP contribution < -0.4 is 5.32 Å².